The van der Waals surface area contributed by atoms with Gasteiger partial charge < -0.3 is 0 Å². The molecule has 0 amide bonds. The Morgan fingerprint density at radius 2 is 2.18 bits per heavy atom. The third-order valence-electron chi connectivity index (χ3n) is 4.40. The molecule has 0 radical (unpaired) electrons. The van der Waals surface area contributed by atoms with Gasteiger partial charge in [0.1, 0.15) is 5.82 Å². The van der Waals surface area contributed by atoms with Crippen molar-refractivity contribution in [1.82, 2.24) is 0 Å². The Morgan fingerprint density at radius 3 is 2.94 bits per heavy atom. The average Bonchev–Trinajstić information content (AvgIpc) is 2.69. The Labute approximate surface area is 102 Å². The fourth-order valence-electron chi connectivity index (χ4n) is 3.29. The van der Waals surface area contributed by atoms with Crippen LogP contribution < -0.4 is 0 Å². The van der Waals surface area contributed by atoms with Crippen LogP contribution in [-0.4, -0.2) is 0 Å². The SMILES string of the molecule is CC1(C2C=CC=CC2)CCc2cc(F)ccc21. The molecule has 0 saturated heterocycles. The summed E-state index contributed by atoms with van der Waals surface area (Å²) in [5.41, 5.74) is 2.74. The van der Waals surface area contributed by atoms with Gasteiger partial charge in [0.2, 0.25) is 0 Å². The van der Waals surface area contributed by atoms with Crippen molar-refractivity contribution < 1.29 is 4.39 Å². The van der Waals surface area contributed by atoms with Crippen LogP contribution in [0.5, 0.6) is 0 Å². The Balaban J connectivity index is 2.01. The van der Waals surface area contributed by atoms with Crippen LogP contribution in [0.15, 0.2) is 42.5 Å². The molecule has 0 saturated carbocycles. The maximum atomic E-state index is 13.2. The van der Waals surface area contributed by atoms with Gasteiger partial charge in [-0.25, -0.2) is 4.39 Å². The summed E-state index contributed by atoms with van der Waals surface area (Å²) in [6.45, 7) is 2.32. The van der Waals surface area contributed by atoms with E-state index >= 15 is 0 Å². The minimum absolute atomic E-state index is 0.105. The number of aryl methyl sites for hydroxylation is 1. The fraction of sp³-hybridized carbons (Fsp3) is 0.375. The molecule has 2 unspecified atom stereocenters. The molecule has 0 bridgehead atoms. The summed E-state index contributed by atoms with van der Waals surface area (Å²) >= 11 is 0. The van der Waals surface area contributed by atoms with Crippen molar-refractivity contribution >= 4 is 0 Å². The fourth-order valence-corrected chi connectivity index (χ4v) is 3.29. The summed E-state index contributed by atoms with van der Waals surface area (Å²) in [5, 5.41) is 0. The van der Waals surface area contributed by atoms with Crippen LogP contribution in [0.2, 0.25) is 0 Å². The number of rotatable bonds is 1. The predicted molar refractivity (Wildman–Crippen MR) is 68.5 cm³/mol. The Bertz CT molecular complexity index is 498. The highest BCUT2D eigenvalue weighted by Crippen LogP contribution is 2.46. The quantitative estimate of drug-likeness (QED) is 0.677. The van der Waals surface area contributed by atoms with Crippen molar-refractivity contribution in [2.24, 2.45) is 5.92 Å². The first-order valence-electron chi connectivity index (χ1n) is 6.32. The second kappa shape index (κ2) is 3.83. The van der Waals surface area contributed by atoms with E-state index in [0.29, 0.717) is 5.92 Å². The van der Waals surface area contributed by atoms with Gasteiger partial charge >= 0.3 is 0 Å². The average molecular weight is 228 g/mol. The molecular formula is C16H17F. The summed E-state index contributed by atoms with van der Waals surface area (Å²) in [5.74, 6) is 0.450. The monoisotopic (exact) mass is 228 g/mol. The van der Waals surface area contributed by atoms with Gasteiger partial charge in [-0.15, -0.1) is 0 Å². The van der Waals surface area contributed by atoms with E-state index in [1.807, 2.05) is 6.07 Å². The van der Waals surface area contributed by atoms with Gasteiger partial charge in [-0.3, -0.25) is 0 Å². The number of hydrogen-bond donors (Lipinski definition) is 0. The lowest BCUT2D eigenvalue weighted by molar-refractivity contribution is 0.346. The molecule has 0 aromatic heterocycles. The van der Waals surface area contributed by atoms with Crippen LogP contribution in [0.1, 0.15) is 30.9 Å². The Kier molecular flexibility index (Phi) is 2.43. The minimum Gasteiger partial charge on any atom is -0.207 e. The number of halogens is 1. The summed E-state index contributed by atoms with van der Waals surface area (Å²) in [6.07, 6.45) is 12.0. The molecule has 1 aromatic carbocycles. The van der Waals surface area contributed by atoms with Crippen LogP contribution in [0.4, 0.5) is 4.39 Å². The lowest BCUT2D eigenvalue weighted by Crippen LogP contribution is -2.28. The van der Waals surface area contributed by atoms with Crippen molar-refractivity contribution in [2.75, 3.05) is 0 Å². The van der Waals surface area contributed by atoms with Gasteiger partial charge in [-0.1, -0.05) is 37.3 Å². The maximum Gasteiger partial charge on any atom is 0.123 e. The van der Waals surface area contributed by atoms with E-state index in [4.69, 9.17) is 0 Å². The number of hydrogen-bond acceptors (Lipinski definition) is 0. The largest absolute Gasteiger partial charge is 0.207 e. The van der Waals surface area contributed by atoms with Crippen LogP contribution in [-0.2, 0) is 11.8 Å². The van der Waals surface area contributed by atoms with Crippen molar-refractivity contribution in [3.8, 4) is 0 Å². The van der Waals surface area contributed by atoms with E-state index in [1.165, 1.54) is 11.1 Å². The van der Waals surface area contributed by atoms with Crippen LogP contribution in [0, 0.1) is 11.7 Å². The molecule has 1 aromatic rings. The molecule has 2 aliphatic carbocycles. The van der Waals surface area contributed by atoms with Gasteiger partial charge in [0.25, 0.3) is 0 Å². The Morgan fingerprint density at radius 1 is 1.29 bits per heavy atom. The maximum absolute atomic E-state index is 13.2. The van der Waals surface area contributed by atoms with Crippen molar-refractivity contribution in [3.05, 3.63) is 59.4 Å². The summed E-state index contributed by atoms with van der Waals surface area (Å²) in [7, 11) is 0. The highest BCUT2D eigenvalue weighted by atomic mass is 19.1. The zero-order valence-electron chi connectivity index (χ0n) is 10.1. The zero-order chi connectivity index (χ0) is 11.9. The second-order valence-corrected chi connectivity index (χ2v) is 5.37. The van der Waals surface area contributed by atoms with Crippen molar-refractivity contribution in [2.45, 2.75) is 31.6 Å². The van der Waals surface area contributed by atoms with E-state index in [9.17, 15) is 4.39 Å². The topological polar surface area (TPSA) is 0 Å². The molecule has 0 heterocycles. The van der Waals surface area contributed by atoms with Crippen molar-refractivity contribution in [3.63, 3.8) is 0 Å². The summed E-state index contributed by atoms with van der Waals surface area (Å²) < 4.78 is 13.2. The summed E-state index contributed by atoms with van der Waals surface area (Å²) in [4.78, 5) is 0. The molecule has 17 heavy (non-hydrogen) atoms. The molecule has 0 spiro atoms. The Hall–Kier alpha value is -1.37. The molecule has 1 heteroatoms. The molecule has 3 rings (SSSR count). The van der Waals surface area contributed by atoms with E-state index < -0.39 is 0 Å². The third kappa shape index (κ3) is 1.65. The minimum atomic E-state index is -0.105. The van der Waals surface area contributed by atoms with Gasteiger partial charge in [-0.2, -0.15) is 0 Å². The summed E-state index contributed by atoms with van der Waals surface area (Å²) in [6, 6.07) is 5.30. The van der Waals surface area contributed by atoms with Crippen LogP contribution in [0.25, 0.3) is 0 Å². The van der Waals surface area contributed by atoms with Crippen molar-refractivity contribution in [1.29, 1.82) is 0 Å². The first-order valence-corrected chi connectivity index (χ1v) is 6.32. The lowest BCUT2D eigenvalue weighted by atomic mass is 9.70. The number of fused-ring (bicyclic) bond motifs is 1. The van der Waals surface area contributed by atoms with Gasteiger partial charge in [-0.05, 0) is 53.9 Å². The first kappa shape index (κ1) is 10.8. The van der Waals surface area contributed by atoms with Gasteiger partial charge in [0, 0.05) is 0 Å². The molecule has 0 N–H and O–H groups in total. The van der Waals surface area contributed by atoms with Gasteiger partial charge in [0.15, 0.2) is 0 Å². The van der Waals surface area contributed by atoms with E-state index in [1.54, 1.807) is 12.1 Å². The molecule has 0 fully saturated rings. The second-order valence-electron chi connectivity index (χ2n) is 5.37. The number of allylic oxidation sites excluding steroid dienone is 4. The normalized spacial score (nSPS) is 30.6. The third-order valence-corrected chi connectivity index (χ3v) is 4.40. The molecule has 2 aliphatic rings. The lowest BCUT2D eigenvalue weighted by Gasteiger charge is -2.34. The van der Waals surface area contributed by atoms with Crippen LogP contribution >= 0.6 is 0 Å². The van der Waals surface area contributed by atoms with E-state index in [2.05, 4.69) is 31.2 Å². The van der Waals surface area contributed by atoms with E-state index in [-0.39, 0.29) is 11.2 Å². The molecule has 0 nitrogen and oxygen atoms in total. The molecular weight excluding hydrogens is 211 g/mol. The highest BCUT2D eigenvalue weighted by molar-refractivity contribution is 5.41. The highest BCUT2D eigenvalue weighted by Gasteiger charge is 2.39. The molecule has 0 aliphatic heterocycles. The number of benzene rings is 1. The van der Waals surface area contributed by atoms with E-state index in [0.717, 1.165) is 19.3 Å². The van der Waals surface area contributed by atoms with Gasteiger partial charge in [0.05, 0.1) is 0 Å². The molecule has 88 valence electrons. The van der Waals surface area contributed by atoms with Crippen LogP contribution in [0.3, 0.4) is 0 Å². The smallest absolute Gasteiger partial charge is 0.123 e. The predicted octanol–water partition coefficient (Wildman–Crippen LogP) is 4.16. The first-order chi connectivity index (χ1) is 8.20. The zero-order valence-corrected chi connectivity index (χ0v) is 10.1. The standard InChI is InChI=1S/C16H17F/c1-16(13-5-3-2-4-6-13)10-9-12-11-14(17)7-8-15(12)16/h2-5,7-8,11,13H,6,9-10H2,1H3. The molecule has 2 atom stereocenters.